The second kappa shape index (κ2) is 7.84. The predicted molar refractivity (Wildman–Crippen MR) is 115 cm³/mol. The molecule has 4 aromatic rings. The fourth-order valence-electron chi connectivity index (χ4n) is 3.05. The molecule has 11 heteroatoms. The third-order valence-corrected chi connectivity index (χ3v) is 5.71. The molecule has 0 amide bonds. The van der Waals surface area contributed by atoms with Crippen molar-refractivity contribution in [1.82, 2.24) is 19.7 Å². The summed E-state index contributed by atoms with van der Waals surface area (Å²) in [6.07, 6.45) is 0. The SMILES string of the molecule is Cn1nc(-c2cccc(Cl)c2)c2c(NCc3ccc(S(=O)(=O)O)cc3)nc(Cl)nc21. The highest BCUT2D eigenvalue weighted by Gasteiger charge is 2.18. The highest BCUT2D eigenvalue weighted by molar-refractivity contribution is 7.85. The number of aryl methyl sites for hydroxylation is 1. The van der Waals surface area contributed by atoms with Crippen molar-refractivity contribution >= 4 is 50.2 Å². The van der Waals surface area contributed by atoms with Crippen molar-refractivity contribution in [2.75, 3.05) is 5.32 Å². The van der Waals surface area contributed by atoms with E-state index in [2.05, 4.69) is 20.4 Å². The number of nitrogens with zero attached hydrogens (tertiary/aromatic N) is 4. The third kappa shape index (κ3) is 4.10. The summed E-state index contributed by atoms with van der Waals surface area (Å²) in [4.78, 5) is 8.43. The second-order valence-corrected chi connectivity index (χ2v) is 8.69. The van der Waals surface area contributed by atoms with Gasteiger partial charge in [-0.15, -0.1) is 0 Å². The molecule has 2 heterocycles. The van der Waals surface area contributed by atoms with Gasteiger partial charge in [0.25, 0.3) is 10.1 Å². The van der Waals surface area contributed by atoms with Crippen LogP contribution >= 0.6 is 23.2 Å². The Morgan fingerprint density at radius 1 is 1.10 bits per heavy atom. The minimum atomic E-state index is -4.24. The number of hydrogen-bond acceptors (Lipinski definition) is 6. The Balaban J connectivity index is 1.73. The monoisotopic (exact) mass is 463 g/mol. The lowest BCUT2D eigenvalue weighted by atomic mass is 10.1. The summed E-state index contributed by atoms with van der Waals surface area (Å²) >= 11 is 12.3. The van der Waals surface area contributed by atoms with Crippen LogP contribution in [0.15, 0.2) is 53.4 Å². The molecule has 0 atom stereocenters. The van der Waals surface area contributed by atoms with E-state index in [9.17, 15) is 8.42 Å². The number of rotatable bonds is 5. The fourth-order valence-corrected chi connectivity index (χ4v) is 3.89. The average Bonchev–Trinajstić information content (AvgIpc) is 3.02. The summed E-state index contributed by atoms with van der Waals surface area (Å²) in [7, 11) is -2.48. The minimum absolute atomic E-state index is 0.0624. The molecule has 0 saturated carbocycles. The summed E-state index contributed by atoms with van der Waals surface area (Å²) in [6, 6.07) is 13.1. The Kier molecular flexibility index (Phi) is 5.37. The van der Waals surface area contributed by atoms with Gasteiger partial charge in [-0.1, -0.05) is 35.9 Å². The molecule has 30 heavy (non-hydrogen) atoms. The van der Waals surface area contributed by atoms with Crippen LogP contribution in [0.2, 0.25) is 10.3 Å². The second-order valence-electron chi connectivity index (χ2n) is 6.49. The topological polar surface area (TPSA) is 110 Å². The lowest BCUT2D eigenvalue weighted by molar-refractivity contribution is 0.483. The van der Waals surface area contributed by atoms with Gasteiger partial charge >= 0.3 is 0 Å². The van der Waals surface area contributed by atoms with Crippen molar-refractivity contribution in [2.24, 2.45) is 7.05 Å². The summed E-state index contributed by atoms with van der Waals surface area (Å²) < 4.78 is 33.1. The van der Waals surface area contributed by atoms with Crippen LogP contribution in [-0.2, 0) is 23.7 Å². The normalized spacial score (nSPS) is 11.7. The van der Waals surface area contributed by atoms with Crippen LogP contribution in [0, 0.1) is 0 Å². The Labute approximate surface area is 182 Å². The highest BCUT2D eigenvalue weighted by Crippen LogP contribution is 2.33. The molecule has 0 saturated heterocycles. The van der Waals surface area contributed by atoms with E-state index in [4.69, 9.17) is 27.8 Å². The van der Waals surface area contributed by atoms with Crippen molar-refractivity contribution < 1.29 is 13.0 Å². The van der Waals surface area contributed by atoms with E-state index < -0.39 is 10.1 Å². The van der Waals surface area contributed by atoms with Crippen LogP contribution in [0.5, 0.6) is 0 Å². The number of fused-ring (bicyclic) bond motifs is 1. The predicted octanol–water partition coefficient (Wildman–Crippen LogP) is 4.20. The van der Waals surface area contributed by atoms with Crippen molar-refractivity contribution in [2.45, 2.75) is 11.4 Å². The van der Waals surface area contributed by atoms with Gasteiger partial charge in [-0.3, -0.25) is 4.55 Å². The van der Waals surface area contributed by atoms with E-state index in [0.29, 0.717) is 34.1 Å². The van der Waals surface area contributed by atoms with Gasteiger partial charge in [-0.25, -0.2) is 4.68 Å². The molecule has 154 valence electrons. The van der Waals surface area contributed by atoms with Gasteiger partial charge in [0.05, 0.1) is 10.3 Å². The number of hydrogen-bond donors (Lipinski definition) is 2. The highest BCUT2D eigenvalue weighted by atomic mass is 35.5. The van der Waals surface area contributed by atoms with Crippen molar-refractivity contribution in [1.29, 1.82) is 0 Å². The molecule has 2 aromatic heterocycles. The van der Waals surface area contributed by atoms with E-state index >= 15 is 0 Å². The molecular formula is C19H15Cl2N5O3S. The maximum absolute atomic E-state index is 11.2. The molecule has 0 fully saturated rings. The van der Waals surface area contributed by atoms with Crippen LogP contribution in [0.3, 0.4) is 0 Å². The Hall–Kier alpha value is -2.72. The van der Waals surface area contributed by atoms with Crippen LogP contribution in [0.4, 0.5) is 5.82 Å². The van der Waals surface area contributed by atoms with Gasteiger partial charge in [0.2, 0.25) is 5.28 Å². The van der Waals surface area contributed by atoms with E-state index in [1.54, 1.807) is 36.0 Å². The molecule has 0 aliphatic rings. The van der Waals surface area contributed by atoms with Gasteiger partial charge in [0, 0.05) is 24.2 Å². The summed E-state index contributed by atoms with van der Waals surface area (Å²) in [5.74, 6) is 0.479. The minimum Gasteiger partial charge on any atom is -0.365 e. The zero-order valence-corrected chi connectivity index (χ0v) is 17.9. The Morgan fingerprint density at radius 3 is 2.50 bits per heavy atom. The van der Waals surface area contributed by atoms with Gasteiger partial charge in [-0.2, -0.15) is 23.5 Å². The zero-order chi connectivity index (χ0) is 21.5. The Morgan fingerprint density at radius 2 is 1.83 bits per heavy atom. The first-order valence-electron chi connectivity index (χ1n) is 8.69. The number of benzene rings is 2. The molecule has 8 nitrogen and oxygen atoms in total. The smallest absolute Gasteiger partial charge is 0.294 e. The average molecular weight is 464 g/mol. The molecular weight excluding hydrogens is 449 g/mol. The largest absolute Gasteiger partial charge is 0.365 e. The van der Waals surface area contributed by atoms with Crippen molar-refractivity contribution in [3.63, 3.8) is 0 Å². The van der Waals surface area contributed by atoms with E-state index in [1.807, 2.05) is 12.1 Å². The first kappa shape index (κ1) is 20.5. The van der Waals surface area contributed by atoms with Crippen LogP contribution in [0.25, 0.3) is 22.3 Å². The molecule has 0 aliphatic carbocycles. The van der Waals surface area contributed by atoms with Gasteiger partial charge in [0.15, 0.2) is 5.65 Å². The van der Waals surface area contributed by atoms with E-state index in [-0.39, 0.29) is 10.2 Å². The van der Waals surface area contributed by atoms with E-state index in [0.717, 1.165) is 11.1 Å². The lowest BCUT2D eigenvalue weighted by Crippen LogP contribution is -2.04. The van der Waals surface area contributed by atoms with Gasteiger partial charge in [0.1, 0.15) is 11.5 Å². The molecule has 0 unspecified atom stereocenters. The summed E-state index contributed by atoms with van der Waals surface area (Å²) in [5, 5.41) is 9.09. The molecule has 2 N–H and O–H groups in total. The number of nitrogens with one attached hydrogen (secondary N) is 1. The maximum Gasteiger partial charge on any atom is 0.294 e. The molecule has 0 radical (unpaired) electrons. The third-order valence-electron chi connectivity index (χ3n) is 4.44. The Bertz CT molecular complexity index is 1350. The lowest BCUT2D eigenvalue weighted by Gasteiger charge is -2.09. The number of halogens is 2. The molecule has 0 bridgehead atoms. The van der Waals surface area contributed by atoms with Gasteiger partial charge < -0.3 is 5.32 Å². The molecule has 0 spiro atoms. The maximum atomic E-state index is 11.2. The number of aromatic nitrogens is 4. The van der Waals surface area contributed by atoms with Crippen LogP contribution in [-0.4, -0.2) is 32.7 Å². The molecule has 2 aromatic carbocycles. The van der Waals surface area contributed by atoms with E-state index in [1.165, 1.54) is 12.1 Å². The zero-order valence-electron chi connectivity index (χ0n) is 15.5. The van der Waals surface area contributed by atoms with Crippen LogP contribution in [0.1, 0.15) is 5.56 Å². The molecule has 4 rings (SSSR count). The van der Waals surface area contributed by atoms with Crippen LogP contribution < -0.4 is 5.32 Å². The first-order chi connectivity index (χ1) is 14.2. The standard InChI is InChI=1S/C19H15Cl2N5O3S/c1-26-18-15(16(25-26)12-3-2-4-13(20)9-12)17(23-19(21)24-18)22-10-11-5-7-14(8-6-11)30(27,28)29/h2-9H,10H2,1H3,(H,22,23,24)(H,27,28,29). The molecule has 0 aliphatic heterocycles. The van der Waals surface area contributed by atoms with Crippen molar-refractivity contribution in [3.05, 3.63) is 64.4 Å². The summed E-state index contributed by atoms with van der Waals surface area (Å²) in [5.41, 5.74) is 2.78. The quantitative estimate of drug-likeness (QED) is 0.337. The van der Waals surface area contributed by atoms with Gasteiger partial charge in [-0.05, 0) is 41.4 Å². The number of anilines is 1. The fraction of sp³-hybridized carbons (Fsp3) is 0.105. The first-order valence-corrected chi connectivity index (χ1v) is 10.9. The summed E-state index contributed by atoms with van der Waals surface area (Å²) in [6.45, 7) is 0.331. The van der Waals surface area contributed by atoms with Crippen molar-refractivity contribution in [3.8, 4) is 11.3 Å².